The van der Waals surface area contributed by atoms with Crippen LogP contribution in [0.5, 0.6) is 11.5 Å². The zero-order valence-corrected chi connectivity index (χ0v) is 14.9. The second-order valence-corrected chi connectivity index (χ2v) is 7.01. The van der Waals surface area contributed by atoms with E-state index in [0.717, 1.165) is 17.7 Å². The molecule has 7 heteroatoms. The van der Waals surface area contributed by atoms with Crippen LogP contribution in [0.15, 0.2) is 30.3 Å². The van der Waals surface area contributed by atoms with Crippen LogP contribution in [0.25, 0.3) is 0 Å². The summed E-state index contributed by atoms with van der Waals surface area (Å²) in [4.78, 5) is 26.1. The first-order valence-corrected chi connectivity index (χ1v) is 8.98. The molecule has 0 saturated carbocycles. The average Bonchev–Trinajstić information content (AvgIpc) is 3.00. The number of hydrazine groups is 1. The van der Waals surface area contributed by atoms with Crippen LogP contribution in [-0.2, 0) is 11.2 Å². The number of hydrogen-bond donors (Lipinski definition) is 2. The van der Waals surface area contributed by atoms with E-state index in [2.05, 4.69) is 17.8 Å². The van der Waals surface area contributed by atoms with E-state index in [4.69, 9.17) is 9.47 Å². The molecule has 2 heterocycles. The third-order valence-electron chi connectivity index (χ3n) is 3.86. The molecule has 132 valence electrons. The lowest BCUT2D eigenvalue weighted by molar-refractivity contribution is -0.131. The molecule has 1 aliphatic rings. The Hall–Kier alpha value is -2.54. The van der Waals surface area contributed by atoms with Crippen LogP contribution in [0.4, 0.5) is 0 Å². The van der Waals surface area contributed by atoms with Gasteiger partial charge in [-0.2, -0.15) is 0 Å². The minimum atomic E-state index is -0.809. The molecule has 3 rings (SSSR count). The van der Waals surface area contributed by atoms with Crippen LogP contribution in [-0.4, -0.2) is 24.5 Å². The molecular formula is C18H20N2O4S. The van der Waals surface area contributed by atoms with Gasteiger partial charge in [0.25, 0.3) is 11.8 Å². The number of rotatable bonds is 4. The van der Waals surface area contributed by atoms with Crippen molar-refractivity contribution in [3.05, 3.63) is 45.6 Å². The van der Waals surface area contributed by atoms with Gasteiger partial charge in [-0.1, -0.05) is 25.5 Å². The number of aryl methyl sites for hydroxylation is 2. The number of para-hydroxylation sites is 2. The van der Waals surface area contributed by atoms with Crippen LogP contribution in [0, 0.1) is 6.92 Å². The van der Waals surface area contributed by atoms with Crippen LogP contribution in [0.2, 0.25) is 0 Å². The Morgan fingerprint density at radius 3 is 2.76 bits per heavy atom. The number of fused-ring (bicyclic) bond motifs is 1. The van der Waals surface area contributed by atoms with Crippen molar-refractivity contribution >= 4 is 23.2 Å². The van der Waals surface area contributed by atoms with Crippen molar-refractivity contribution in [2.24, 2.45) is 0 Å². The van der Waals surface area contributed by atoms with E-state index in [9.17, 15) is 9.59 Å². The number of benzene rings is 1. The van der Waals surface area contributed by atoms with Gasteiger partial charge in [-0.3, -0.25) is 20.4 Å². The molecule has 0 spiro atoms. The molecule has 2 amide bonds. The minimum absolute atomic E-state index is 0.0947. The summed E-state index contributed by atoms with van der Waals surface area (Å²) in [6.07, 6.45) is 1.15. The fourth-order valence-corrected chi connectivity index (χ4v) is 3.53. The van der Waals surface area contributed by atoms with Crippen molar-refractivity contribution in [2.75, 3.05) is 6.61 Å². The number of thiophene rings is 1. The predicted octanol–water partition coefficient (Wildman–Crippen LogP) is 2.61. The van der Waals surface area contributed by atoms with Gasteiger partial charge in [0.1, 0.15) is 6.61 Å². The highest BCUT2D eigenvalue weighted by Gasteiger charge is 2.27. The third kappa shape index (κ3) is 3.93. The van der Waals surface area contributed by atoms with Gasteiger partial charge in [-0.05, 0) is 37.1 Å². The summed E-state index contributed by atoms with van der Waals surface area (Å²) < 4.78 is 11.1. The number of carbonyl (C=O) groups excluding carboxylic acids is 2. The van der Waals surface area contributed by atoms with Crippen molar-refractivity contribution < 1.29 is 19.1 Å². The molecule has 1 unspecified atom stereocenters. The summed E-state index contributed by atoms with van der Waals surface area (Å²) in [5, 5.41) is 0. The molecule has 2 aromatic rings. The second-order valence-electron chi connectivity index (χ2n) is 5.75. The Morgan fingerprint density at radius 2 is 2.00 bits per heavy atom. The van der Waals surface area contributed by atoms with Crippen molar-refractivity contribution in [3.8, 4) is 11.5 Å². The number of carbonyl (C=O) groups is 2. The van der Waals surface area contributed by atoms with E-state index in [1.165, 1.54) is 16.9 Å². The Morgan fingerprint density at radius 1 is 1.24 bits per heavy atom. The van der Waals surface area contributed by atoms with Gasteiger partial charge in [0.2, 0.25) is 6.10 Å². The molecule has 6 nitrogen and oxygen atoms in total. The van der Waals surface area contributed by atoms with Gasteiger partial charge in [0, 0.05) is 4.88 Å². The molecule has 2 N–H and O–H groups in total. The molecular weight excluding hydrogens is 340 g/mol. The zero-order valence-electron chi connectivity index (χ0n) is 14.1. The SMILES string of the molecule is CCCc1cc(C(=O)NNC(=O)C2COc3ccccc3O2)sc1C. The molecule has 1 aromatic heterocycles. The highest BCUT2D eigenvalue weighted by Crippen LogP contribution is 2.30. The summed E-state index contributed by atoms with van der Waals surface area (Å²) in [7, 11) is 0. The normalized spacial score (nSPS) is 15.5. The van der Waals surface area contributed by atoms with Gasteiger partial charge in [0.15, 0.2) is 11.5 Å². The number of hydrogen-bond acceptors (Lipinski definition) is 5. The summed E-state index contributed by atoms with van der Waals surface area (Å²) in [5.41, 5.74) is 6.02. The Kier molecular flexibility index (Phi) is 5.23. The fraction of sp³-hybridized carbons (Fsp3) is 0.333. The first-order chi connectivity index (χ1) is 12.1. The summed E-state index contributed by atoms with van der Waals surface area (Å²) >= 11 is 1.42. The standard InChI is InChI=1S/C18H20N2O4S/c1-3-6-12-9-16(25-11(12)2)18(22)20-19-17(21)15-10-23-13-7-4-5-8-14(13)24-15/h4-5,7-9,15H,3,6,10H2,1-2H3,(H,19,21)(H,20,22). The van der Waals surface area contributed by atoms with Crippen LogP contribution < -0.4 is 20.3 Å². The lowest BCUT2D eigenvalue weighted by atomic mass is 10.1. The van der Waals surface area contributed by atoms with Gasteiger partial charge >= 0.3 is 0 Å². The maximum Gasteiger partial charge on any atom is 0.283 e. The maximum atomic E-state index is 12.2. The summed E-state index contributed by atoms with van der Waals surface area (Å²) in [6, 6.07) is 9.02. The molecule has 0 radical (unpaired) electrons. The van der Waals surface area contributed by atoms with E-state index < -0.39 is 12.0 Å². The smallest absolute Gasteiger partial charge is 0.283 e. The quantitative estimate of drug-likeness (QED) is 0.822. The topological polar surface area (TPSA) is 76.7 Å². The van der Waals surface area contributed by atoms with E-state index in [-0.39, 0.29) is 12.5 Å². The molecule has 1 aliphatic heterocycles. The molecule has 0 bridgehead atoms. The first kappa shape index (κ1) is 17.3. The number of ether oxygens (including phenoxy) is 2. The fourth-order valence-electron chi connectivity index (χ4n) is 2.56. The van der Waals surface area contributed by atoms with E-state index in [1.807, 2.05) is 19.1 Å². The summed E-state index contributed by atoms with van der Waals surface area (Å²) in [5.74, 6) is 0.331. The molecule has 1 aromatic carbocycles. The summed E-state index contributed by atoms with van der Waals surface area (Å²) in [6.45, 7) is 4.19. The number of amides is 2. The zero-order chi connectivity index (χ0) is 17.8. The van der Waals surface area contributed by atoms with Crippen molar-refractivity contribution in [3.63, 3.8) is 0 Å². The molecule has 0 fully saturated rings. The molecule has 0 saturated heterocycles. The minimum Gasteiger partial charge on any atom is -0.485 e. The lowest BCUT2D eigenvalue weighted by Crippen LogP contribution is -2.50. The monoisotopic (exact) mass is 360 g/mol. The van der Waals surface area contributed by atoms with Crippen LogP contribution in [0.3, 0.4) is 0 Å². The van der Waals surface area contributed by atoms with Crippen LogP contribution >= 0.6 is 11.3 Å². The predicted molar refractivity (Wildman–Crippen MR) is 95.0 cm³/mol. The van der Waals surface area contributed by atoms with Gasteiger partial charge in [0.05, 0.1) is 4.88 Å². The molecule has 1 atom stereocenters. The van der Waals surface area contributed by atoms with Crippen molar-refractivity contribution in [1.82, 2.24) is 10.9 Å². The Labute approximate surface area is 150 Å². The number of nitrogens with one attached hydrogen (secondary N) is 2. The largest absolute Gasteiger partial charge is 0.485 e. The highest BCUT2D eigenvalue weighted by molar-refractivity contribution is 7.14. The average molecular weight is 360 g/mol. The lowest BCUT2D eigenvalue weighted by Gasteiger charge is -2.25. The van der Waals surface area contributed by atoms with Gasteiger partial charge in [-0.15, -0.1) is 11.3 Å². The van der Waals surface area contributed by atoms with Crippen molar-refractivity contribution in [2.45, 2.75) is 32.8 Å². The molecule has 25 heavy (non-hydrogen) atoms. The third-order valence-corrected chi connectivity index (χ3v) is 4.96. The van der Waals surface area contributed by atoms with E-state index in [1.54, 1.807) is 18.2 Å². The first-order valence-electron chi connectivity index (χ1n) is 8.16. The molecule has 0 aliphatic carbocycles. The van der Waals surface area contributed by atoms with Gasteiger partial charge < -0.3 is 9.47 Å². The van der Waals surface area contributed by atoms with Crippen LogP contribution in [0.1, 0.15) is 33.5 Å². The van der Waals surface area contributed by atoms with Crippen molar-refractivity contribution in [1.29, 1.82) is 0 Å². The maximum absolute atomic E-state index is 12.2. The van der Waals surface area contributed by atoms with E-state index >= 15 is 0 Å². The Bertz CT molecular complexity index is 787. The highest BCUT2D eigenvalue weighted by atomic mass is 32.1. The van der Waals surface area contributed by atoms with E-state index in [0.29, 0.717) is 16.4 Å². The second kappa shape index (κ2) is 7.57. The van der Waals surface area contributed by atoms with Gasteiger partial charge in [-0.25, -0.2) is 0 Å². The Balaban J connectivity index is 1.56.